The summed E-state index contributed by atoms with van der Waals surface area (Å²) in [6.07, 6.45) is 0. The van der Waals surface area contributed by atoms with Crippen molar-refractivity contribution in [3.63, 3.8) is 0 Å². The highest BCUT2D eigenvalue weighted by Crippen LogP contribution is 2.53. The second-order valence-electron chi connectivity index (χ2n) is 16.7. The molecule has 9 aromatic rings. The first-order valence-electron chi connectivity index (χ1n) is 18.9. The fourth-order valence-corrected chi connectivity index (χ4v) is 9.60. The molecule has 11 rings (SSSR count). The molecular weight excluding hydrogens is 645 g/mol. The molecule has 3 nitrogen and oxygen atoms in total. The minimum atomic E-state index is -0.402. The summed E-state index contributed by atoms with van der Waals surface area (Å²) in [4.78, 5) is 0. The highest BCUT2D eigenvalue weighted by atomic mass is 16.7. The Labute approximate surface area is 309 Å². The van der Waals surface area contributed by atoms with Crippen LogP contribution in [0.5, 0.6) is 0 Å². The van der Waals surface area contributed by atoms with Crippen LogP contribution in [0.25, 0.3) is 81.7 Å². The van der Waals surface area contributed by atoms with Gasteiger partial charge in [0.2, 0.25) is 0 Å². The van der Waals surface area contributed by atoms with Crippen LogP contribution in [-0.4, -0.2) is 22.9 Å². The summed E-state index contributed by atoms with van der Waals surface area (Å²) in [6, 6.07) is 49.8. The Morgan fingerprint density at radius 2 is 0.962 bits per heavy atom. The van der Waals surface area contributed by atoms with E-state index in [1.165, 1.54) is 87.1 Å². The molecule has 0 bridgehead atoms. The molecule has 256 valence electrons. The Hall–Kier alpha value is -5.42. The Kier molecular flexibility index (Phi) is 6.10. The van der Waals surface area contributed by atoms with E-state index in [1.54, 1.807) is 0 Å². The lowest BCUT2D eigenvalue weighted by Crippen LogP contribution is -2.41. The lowest BCUT2D eigenvalue weighted by Gasteiger charge is -2.32. The summed E-state index contributed by atoms with van der Waals surface area (Å²) in [5, 5.41) is 12.9. The van der Waals surface area contributed by atoms with Crippen LogP contribution in [0.1, 0.15) is 52.7 Å². The van der Waals surface area contributed by atoms with Gasteiger partial charge < -0.3 is 13.9 Å². The molecule has 0 unspecified atom stereocenters. The van der Waals surface area contributed by atoms with Gasteiger partial charge in [-0.05, 0) is 112 Å². The standard InChI is InChI=1S/C49H40BNO2/c1-47(2)40-26-29(50-52-48(3,4)49(5,6)53-50)24-25-33(40)38-27-39-42(28-41(38)47)51(30-16-8-7-9-17-30)46-44(39)37-23-15-14-22-36(37)43-34-20-12-10-18-31(34)32-19-11-13-21-35(32)45(43)46/h7-28H,1-6H3. The molecule has 1 aromatic heterocycles. The van der Waals surface area contributed by atoms with Crippen LogP contribution < -0.4 is 5.46 Å². The lowest BCUT2D eigenvalue weighted by atomic mass is 9.74. The van der Waals surface area contributed by atoms with Crippen molar-refractivity contribution in [2.75, 3.05) is 0 Å². The van der Waals surface area contributed by atoms with Gasteiger partial charge in [0.15, 0.2) is 0 Å². The predicted octanol–water partition coefficient (Wildman–Crippen LogP) is 12.0. The van der Waals surface area contributed by atoms with Crippen LogP contribution in [0, 0.1) is 0 Å². The third-order valence-corrected chi connectivity index (χ3v) is 13.0. The summed E-state index contributed by atoms with van der Waals surface area (Å²) in [5.41, 5.74) is 8.96. The normalized spacial score (nSPS) is 17.1. The maximum Gasteiger partial charge on any atom is 0.494 e. The fourth-order valence-electron chi connectivity index (χ4n) is 9.60. The first kappa shape index (κ1) is 31.1. The van der Waals surface area contributed by atoms with Crippen LogP contribution in [0.3, 0.4) is 0 Å². The Morgan fingerprint density at radius 3 is 1.58 bits per heavy atom. The van der Waals surface area contributed by atoms with Gasteiger partial charge in [0, 0.05) is 32.6 Å². The van der Waals surface area contributed by atoms with Crippen LogP contribution >= 0.6 is 0 Å². The van der Waals surface area contributed by atoms with E-state index >= 15 is 0 Å². The van der Waals surface area contributed by atoms with Crippen LogP contribution in [-0.2, 0) is 14.7 Å². The average molecular weight is 686 g/mol. The number of hydrogen-bond acceptors (Lipinski definition) is 2. The summed E-state index contributed by atoms with van der Waals surface area (Å²) in [6.45, 7) is 13.2. The second-order valence-corrected chi connectivity index (χ2v) is 16.7. The molecule has 1 fully saturated rings. The maximum absolute atomic E-state index is 6.53. The molecule has 1 aliphatic heterocycles. The van der Waals surface area contributed by atoms with Gasteiger partial charge in [0.25, 0.3) is 0 Å². The van der Waals surface area contributed by atoms with Gasteiger partial charge in [-0.1, -0.05) is 123 Å². The molecule has 0 spiro atoms. The van der Waals surface area contributed by atoms with Crippen molar-refractivity contribution in [1.82, 2.24) is 4.57 Å². The van der Waals surface area contributed by atoms with Gasteiger partial charge in [-0.25, -0.2) is 0 Å². The van der Waals surface area contributed by atoms with Crippen LogP contribution in [0.4, 0.5) is 0 Å². The molecule has 0 atom stereocenters. The van der Waals surface area contributed by atoms with E-state index in [0.29, 0.717) is 0 Å². The smallest absolute Gasteiger partial charge is 0.399 e. The molecule has 53 heavy (non-hydrogen) atoms. The van der Waals surface area contributed by atoms with Gasteiger partial charge in [0.05, 0.1) is 22.2 Å². The van der Waals surface area contributed by atoms with E-state index < -0.39 is 18.3 Å². The Bertz CT molecular complexity index is 3030. The number of nitrogens with zero attached hydrogens (tertiary/aromatic N) is 1. The van der Waals surface area contributed by atoms with E-state index in [0.717, 1.165) is 11.2 Å². The molecule has 0 radical (unpaired) electrons. The lowest BCUT2D eigenvalue weighted by molar-refractivity contribution is 0.00578. The largest absolute Gasteiger partial charge is 0.494 e. The van der Waals surface area contributed by atoms with E-state index in [-0.39, 0.29) is 5.41 Å². The maximum atomic E-state index is 6.53. The number of para-hydroxylation sites is 1. The Morgan fingerprint density at radius 1 is 0.453 bits per heavy atom. The van der Waals surface area contributed by atoms with Crippen molar-refractivity contribution in [2.45, 2.75) is 58.2 Å². The highest BCUT2D eigenvalue weighted by molar-refractivity contribution is 6.62. The third-order valence-electron chi connectivity index (χ3n) is 13.0. The minimum Gasteiger partial charge on any atom is -0.399 e. The van der Waals surface area contributed by atoms with Crippen molar-refractivity contribution in [3.8, 4) is 16.8 Å². The van der Waals surface area contributed by atoms with Crippen LogP contribution in [0.2, 0.25) is 0 Å². The number of rotatable bonds is 2. The zero-order chi connectivity index (χ0) is 36.0. The molecule has 0 amide bonds. The molecule has 2 heterocycles. The number of fused-ring (bicyclic) bond motifs is 16. The zero-order valence-electron chi connectivity index (χ0n) is 31.0. The van der Waals surface area contributed by atoms with Crippen molar-refractivity contribution >= 4 is 77.5 Å². The molecule has 0 saturated carbocycles. The topological polar surface area (TPSA) is 23.4 Å². The first-order chi connectivity index (χ1) is 25.5. The summed E-state index contributed by atoms with van der Waals surface area (Å²) < 4.78 is 15.6. The molecule has 1 saturated heterocycles. The SMILES string of the molecule is CC1(C)c2cc(B3OC(C)(C)C(C)(C)O3)ccc2-c2cc3c4c5ccccc5c5c6ccccc6c6ccccc6c5c4n(-c4ccccc4)c3cc21. The quantitative estimate of drug-likeness (QED) is 0.134. The molecule has 2 aliphatic rings. The van der Waals surface area contributed by atoms with Gasteiger partial charge in [-0.15, -0.1) is 0 Å². The third kappa shape index (κ3) is 4.03. The van der Waals surface area contributed by atoms with Crippen molar-refractivity contribution in [2.24, 2.45) is 0 Å². The number of aromatic nitrogens is 1. The van der Waals surface area contributed by atoms with E-state index in [4.69, 9.17) is 9.31 Å². The molecule has 0 N–H and O–H groups in total. The number of benzene rings is 8. The Balaban J connectivity index is 1.29. The summed E-state index contributed by atoms with van der Waals surface area (Å²) >= 11 is 0. The first-order valence-corrected chi connectivity index (χ1v) is 18.9. The van der Waals surface area contributed by atoms with Crippen molar-refractivity contribution < 1.29 is 9.31 Å². The van der Waals surface area contributed by atoms with E-state index in [1.807, 2.05) is 0 Å². The average Bonchev–Trinajstić information content (AvgIpc) is 3.70. The fraction of sp³-hybridized carbons (Fsp3) is 0.184. The van der Waals surface area contributed by atoms with Gasteiger partial charge in [-0.3, -0.25) is 0 Å². The molecule has 4 heteroatoms. The van der Waals surface area contributed by atoms with Crippen molar-refractivity contribution in [3.05, 3.63) is 145 Å². The molecular formula is C49H40BNO2. The predicted molar refractivity (Wildman–Crippen MR) is 224 cm³/mol. The molecule has 1 aliphatic carbocycles. The summed E-state index contributed by atoms with van der Waals surface area (Å²) in [7, 11) is -0.402. The highest BCUT2D eigenvalue weighted by Gasteiger charge is 2.52. The van der Waals surface area contributed by atoms with Crippen LogP contribution in [0.15, 0.2) is 133 Å². The number of hydrogen-bond donors (Lipinski definition) is 0. The monoisotopic (exact) mass is 685 g/mol. The zero-order valence-corrected chi connectivity index (χ0v) is 31.0. The minimum absolute atomic E-state index is 0.233. The van der Waals surface area contributed by atoms with Gasteiger partial charge in [0.1, 0.15) is 0 Å². The van der Waals surface area contributed by atoms with E-state index in [9.17, 15) is 0 Å². The van der Waals surface area contributed by atoms with Gasteiger partial charge >= 0.3 is 7.12 Å². The molecule has 8 aromatic carbocycles. The summed E-state index contributed by atoms with van der Waals surface area (Å²) in [5.74, 6) is 0. The van der Waals surface area contributed by atoms with E-state index in [2.05, 4.69) is 180 Å². The van der Waals surface area contributed by atoms with Crippen molar-refractivity contribution in [1.29, 1.82) is 0 Å². The second kappa shape index (κ2) is 10.4. The van der Waals surface area contributed by atoms with Gasteiger partial charge in [-0.2, -0.15) is 0 Å².